The lowest BCUT2D eigenvalue weighted by molar-refractivity contribution is 0.233. The molecule has 102 valence electrons. The van der Waals surface area contributed by atoms with Gasteiger partial charge < -0.3 is 10.2 Å². The molecule has 2 nitrogen and oxygen atoms in total. The summed E-state index contributed by atoms with van der Waals surface area (Å²) in [5.41, 5.74) is 0. The highest BCUT2D eigenvalue weighted by Crippen LogP contribution is 2.22. The summed E-state index contributed by atoms with van der Waals surface area (Å²) in [5, 5.41) is 3.53. The van der Waals surface area contributed by atoms with E-state index in [1.54, 1.807) is 0 Å². The molecule has 2 heteroatoms. The summed E-state index contributed by atoms with van der Waals surface area (Å²) in [6.07, 6.45) is 5.45. The first-order valence-electron chi connectivity index (χ1n) is 7.58. The average Bonchev–Trinajstić information content (AvgIpc) is 2.76. The Balaban J connectivity index is 2.03. The van der Waals surface area contributed by atoms with E-state index in [4.69, 9.17) is 0 Å². The van der Waals surface area contributed by atoms with Crippen LogP contribution in [0, 0.1) is 11.8 Å². The van der Waals surface area contributed by atoms with E-state index in [-0.39, 0.29) is 0 Å². The van der Waals surface area contributed by atoms with Crippen LogP contribution in [0.5, 0.6) is 0 Å². The fraction of sp³-hybridized carbons (Fsp3) is 1.00. The van der Waals surface area contributed by atoms with Gasteiger partial charge in [0.1, 0.15) is 0 Å². The van der Waals surface area contributed by atoms with E-state index in [2.05, 4.69) is 37.9 Å². The van der Waals surface area contributed by atoms with Crippen molar-refractivity contribution >= 4 is 0 Å². The second-order valence-corrected chi connectivity index (χ2v) is 6.15. The van der Waals surface area contributed by atoms with Crippen LogP contribution >= 0.6 is 0 Å². The molecule has 1 saturated heterocycles. The summed E-state index contributed by atoms with van der Waals surface area (Å²) in [4.78, 5) is 2.69. The maximum absolute atomic E-state index is 3.53. The molecule has 1 rings (SSSR count). The van der Waals surface area contributed by atoms with Gasteiger partial charge in [-0.05, 0) is 57.7 Å². The molecular weight excluding hydrogens is 208 g/mol. The second-order valence-electron chi connectivity index (χ2n) is 6.15. The molecular formula is C15H32N2. The van der Waals surface area contributed by atoms with Gasteiger partial charge in [-0.25, -0.2) is 0 Å². The van der Waals surface area contributed by atoms with Gasteiger partial charge in [0.25, 0.3) is 0 Å². The second kappa shape index (κ2) is 8.10. The van der Waals surface area contributed by atoms with Gasteiger partial charge in [-0.2, -0.15) is 0 Å². The molecule has 0 saturated carbocycles. The molecule has 2 unspecified atom stereocenters. The predicted molar refractivity (Wildman–Crippen MR) is 76.4 cm³/mol. The highest BCUT2D eigenvalue weighted by molar-refractivity contribution is 4.78. The van der Waals surface area contributed by atoms with Crippen LogP contribution in [0.4, 0.5) is 0 Å². The van der Waals surface area contributed by atoms with E-state index in [1.165, 1.54) is 45.3 Å². The molecule has 1 N–H and O–H groups in total. The van der Waals surface area contributed by atoms with Crippen molar-refractivity contribution in [3.8, 4) is 0 Å². The first-order chi connectivity index (χ1) is 8.13. The van der Waals surface area contributed by atoms with Crippen molar-refractivity contribution in [2.45, 2.75) is 59.4 Å². The van der Waals surface area contributed by atoms with E-state index in [0.29, 0.717) is 0 Å². The quantitative estimate of drug-likeness (QED) is 0.656. The Hall–Kier alpha value is -0.0800. The van der Waals surface area contributed by atoms with E-state index < -0.39 is 0 Å². The van der Waals surface area contributed by atoms with Gasteiger partial charge >= 0.3 is 0 Å². The van der Waals surface area contributed by atoms with Gasteiger partial charge in [-0.15, -0.1) is 0 Å². The molecule has 0 aromatic rings. The van der Waals surface area contributed by atoms with E-state index in [9.17, 15) is 0 Å². The van der Waals surface area contributed by atoms with Crippen LogP contribution in [0.15, 0.2) is 0 Å². The van der Waals surface area contributed by atoms with Crippen molar-refractivity contribution < 1.29 is 0 Å². The summed E-state index contributed by atoms with van der Waals surface area (Å²) in [6, 6.07) is 0.785. The van der Waals surface area contributed by atoms with Crippen molar-refractivity contribution in [3.63, 3.8) is 0 Å². The van der Waals surface area contributed by atoms with Gasteiger partial charge in [-0.3, -0.25) is 0 Å². The fourth-order valence-corrected chi connectivity index (χ4v) is 2.69. The minimum atomic E-state index is 0.774. The average molecular weight is 240 g/mol. The standard InChI is InChI=1S/C15H32N2/c1-5-15-8-10-17(12-15)14(4)7-6-9-16-11-13(2)3/h13-16H,5-12H2,1-4H3. The van der Waals surface area contributed by atoms with Crippen molar-refractivity contribution in [1.29, 1.82) is 0 Å². The molecule has 0 aromatic carbocycles. The molecule has 0 bridgehead atoms. The Morgan fingerprint density at radius 1 is 1.29 bits per heavy atom. The Morgan fingerprint density at radius 3 is 2.65 bits per heavy atom. The van der Waals surface area contributed by atoms with Gasteiger partial charge in [0.05, 0.1) is 0 Å². The van der Waals surface area contributed by atoms with Crippen LogP contribution in [0.1, 0.15) is 53.4 Å². The molecule has 2 atom stereocenters. The van der Waals surface area contributed by atoms with Crippen LogP contribution in [0.3, 0.4) is 0 Å². The normalized spacial score (nSPS) is 23.5. The summed E-state index contributed by atoms with van der Waals surface area (Å²) in [7, 11) is 0. The highest BCUT2D eigenvalue weighted by Gasteiger charge is 2.24. The lowest BCUT2D eigenvalue weighted by Crippen LogP contribution is -2.32. The van der Waals surface area contributed by atoms with E-state index >= 15 is 0 Å². The molecule has 0 spiro atoms. The largest absolute Gasteiger partial charge is 0.316 e. The number of hydrogen-bond acceptors (Lipinski definition) is 2. The third-order valence-corrected chi connectivity index (χ3v) is 4.05. The zero-order valence-corrected chi connectivity index (χ0v) is 12.3. The molecule has 1 aliphatic heterocycles. The number of rotatable bonds is 8. The topological polar surface area (TPSA) is 15.3 Å². The third kappa shape index (κ3) is 5.87. The molecule has 0 aliphatic carbocycles. The highest BCUT2D eigenvalue weighted by atomic mass is 15.2. The van der Waals surface area contributed by atoms with Crippen molar-refractivity contribution in [1.82, 2.24) is 10.2 Å². The number of nitrogens with zero attached hydrogens (tertiary/aromatic N) is 1. The van der Waals surface area contributed by atoms with Crippen LogP contribution in [-0.4, -0.2) is 37.1 Å². The minimum Gasteiger partial charge on any atom is -0.316 e. The maximum atomic E-state index is 3.53. The number of likely N-dealkylation sites (tertiary alicyclic amines) is 1. The first kappa shape index (κ1) is 15.0. The predicted octanol–water partition coefficient (Wildman–Crippen LogP) is 3.13. The molecule has 0 aromatic heterocycles. The zero-order chi connectivity index (χ0) is 12.7. The Bertz CT molecular complexity index is 191. The SMILES string of the molecule is CCC1CCN(C(C)CCCNCC(C)C)C1. The summed E-state index contributed by atoms with van der Waals surface area (Å²) in [6.45, 7) is 14.3. The summed E-state index contributed by atoms with van der Waals surface area (Å²) in [5.74, 6) is 1.74. The number of hydrogen-bond donors (Lipinski definition) is 1. The van der Waals surface area contributed by atoms with Crippen molar-refractivity contribution in [3.05, 3.63) is 0 Å². The molecule has 1 heterocycles. The van der Waals surface area contributed by atoms with Gasteiger partial charge in [0.2, 0.25) is 0 Å². The monoisotopic (exact) mass is 240 g/mol. The molecule has 0 amide bonds. The third-order valence-electron chi connectivity index (χ3n) is 4.05. The molecule has 17 heavy (non-hydrogen) atoms. The van der Waals surface area contributed by atoms with Crippen LogP contribution in [-0.2, 0) is 0 Å². The lowest BCUT2D eigenvalue weighted by Gasteiger charge is -2.24. The lowest BCUT2D eigenvalue weighted by atomic mass is 10.1. The van der Waals surface area contributed by atoms with Crippen molar-refractivity contribution in [2.75, 3.05) is 26.2 Å². The smallest absolute Gasteiger partial charge is 0.00675 e. The van der Waals surface area contributed by atoms with Crippen LogP contribution in [0.25, 0.3) is 0 Å². The molecule has 1 aliphatic rings. The van der Waals surface area contributed by atoms with Crippen LogP contribution < -0.4 is 5.32 Å². The van der Waals surface area contributed by atoms with Crippen LogP contribution in [0.2, 0.25) is 0 Å². The minimum absolute atomic E-state index is 0.774. The van der Waals surface area contributed by atoms with E-state index in [1.807, 2.05) is 0 Å². The Morgan fingerprint density at radius 2 is 2.06 bits per heavy atom. The van der Waals surface area contributed by atoms with Crippen molar-refractivity contribution in [2.24, 2.45) is 11.8 Å². The number of nitrogens with one attached hydrogen (secondary N) is 1. The maximum Gasteiger partial charge on any atom is 0.00675 e. The Labute approximate surface area is 108 Å². The van der Waals surface area contributed by atoms with Gasteiger partial charge in [0, 0.05) is 12.6 Å². The van der Waals surface area contributed by atoms with Gasteiger partial charge in [0.15, 0.2) is 0 Å². The fourth-order valence-electron chi connectivity index (χ4n) is 2.69. The van der Waals surface area contributed by atoms with Gasteiger partial charge in [-0.1, -0.05) is 27.2 Å². The zero-order valence-electron chi connectivity index (χ0n) is 12.3. The summed E-state index contributed by atoms with van der Waals surface area (Å²) >= 11 is 0. The first-order valence-corrected chi connectivity index (χ1v) is 7.58. The molecule has 1 fully saturated rings. The Kier molecular flexibility index (Phi) is 7.14. The molecule has 0 radical (unpaired) electrons. The van der Waals surface area contributed by atoms with E-state index in [0.717, 1.165) is 24.4 Å². The summed E-state index contributed by atoms with van der Waals surface area (Å²) < 4.78 is 0.